The van der Waals surface area contributed by atoms with E-state index in [4.69, 9.17) is 16.2 Å². The Morgan fingerprint density at radius 1 is 0.724 bits per heavy atom. The van der Waals surface area contributed by atoms with Crippen LogP contribution in [0.5, 0.6) is 0 Å². The standard InChI is InChI=1S/C18H26N4O7/c1-9(5-11(3)23)21-13(7-15(19)25)17(27)29-18(28)14(8-16(20)26)22-10(2)6-12(4)24/h5-6,13-14,21-22H,7-8H2,1-4H3,(H2,19,25)(H2,20,26)/t13-,14-/m0/s1. The first-order valence-corrected chi connectivity index (χ1v) is 8.54. The second-order valence-corrected chi connectivity index (χ2v) is 6.35. The molecule has 29 heavy (non-hydrogen) atoms. The summed E-state index contributed by atoms with van der Waals surface area (Å²) in [4.78, 5) is 69.3. The summed E-state index contributed by atoms with van der Waals surface area (Å²) in [5.41, 5.74) is 10.7. The number of ether oxygens (including phenoxy) is 1. The maximum absolute atomic E-state index is 12.3. The Hall–Kier alpha value is -3.50. The van der Waals surface area contributed by atoms with E-state index in [-0.39, 0.29) is 23.0 Å². The minimum Gasteiger partial charge on any atom is -0.390 e. The van der Waals surface area contributed by atoms with Crippen molar-refractivity contribution in [1.82, 2.24) is 10.6 Å². The van der Waals surface area contributed by atoms with Crippen LogP contribution < -0.4 is 22.1 Å². The Bertz CT molecular complexity index is 693. The number of nitrogens with one attached hydrogen (secondary N) is 2. The van der Waals surface area contributed by atoms with E-state index in [0.717, 1.165) is 0 Å². The first kappa shape index (κ1) is 25.5. The number of primary amides is 2. The lowest BCUT2D eigenvalue weighted by atomic mass is 10.1. The van der Waals surface area contributed by atoms with Gasteiger partial charge in [0.1, 0.15) is 12.1 Å². The molecule has 11 nitrogen and oxygen atoms in total. The van der Waals surface area contributed by atoms with Crippen molar-refractivity contribution in [2.24, 2.45) is 11.5 Å². The summed E-state index contributed by atoms with van der Waals surface area (Å²) >= 11 is 0. The minimum atomic E-state index is -1.34. The van der Waals surface area contributed by atoms with Gasteiger partial charge in [0.05, 0.1) is 12.8 Å². The molecule has 0 saturated heterocycles. The number of allylic oxidation sites excluding steroid dienone is 4. The molecule has 2 amide bonds. The van der Waals surface area contributed by atoms with Crippen molar-refractivity contribution in [3.63, 3.8) is 0 Å². The fraction of sp³-hybridized carbons (Fsp3) is 0.444. The molecular weight excluding hydrogens is 384 g/mol. The summed E-state index contributed by atoms with van der Waals surface area (Å²) in [6.07, 6.45) is 1.34. The fourth-order valence-electron chi connectivity index (χ4n) is 2.27. The number of carbonyl (C=O) groups is 6. The van der Waals surface area contributed by atoms with E-state index in [1.807, 2.05) is 0 Å². The highest BCUT2D eigenvalue weighted by molar-refractivity contribution is 5.95. The Morgan fingerprint density at radius 2 is 1.03 bits per heavy atom. The number of carbonyl (C=O) groups excluding carboxylic acids is 6. The zero-order valence-electron chi connectivity index (χ0n) is 16.7. The van der Waals surface area contributed by atoms with E-state index >= 15 is 0 Å². The van der Waals surface area contributed by atoms with Crippen LogP contribution >= 0.6 is 0 Å². The lowest BCUT2D eigenvalue weighted by molar-refractivity contribution is -0.163. The smallest absolute Gasteiger partial charge is 0.336 e. The van der Waals surface area contributed by atoms with Crippen molar-refractivity contribution in [3.05, 3.63) is 23.5 Å². The highest BCUT2D eigenvalue weighted by atomic mass is 16.6. The summed E-state index contributed by atoms with van der Waals surface area (Å²) in [6, 6.07) is -2.68. The van der Waals surface area contributed by atoms with Crippen molar-refractivity contribution in [3.8, 4) is 0 Å². The molecule has 0 aliphatic rings. The van der Waals surface area contributed by atoms with Crippen molar-refractivity contribution in [2.45, 2.75) is 52.6 Å². The number of amides is 2. The molecule has 160 valence electrons. The van der Waals surface area contributed by atoms with Gasteiger partial charge in [-0.05, 0) is 39.8 Å². The molecule has 0 aromatic rings. The fourth-order valence-corrected chi connectivity index (χ4v) is 2.27. The zero-order valence-corrected chi connectivity index (χ0v) is 16.7. The van der Waals surface area contributed by atoms with Gasteiger partial charge in [-0.3, -0.25) is 19.2 Å². The van der Waals surface area contributed by atoms with Gasteiger partial charge < -0.3 is 26.8 Å². The van der Waals surface area contributed by atoms with E-state index in [0.29, 0.717) is 0 Å². The molecule has 0 rings (SSSR count). The van der Waals surface area contributed by atoms with E-state index in [9.17, 15) is 28.8 Å². The predicted molar refractivity (Wildman–Crippen MR) is 101 cm³/mol. The summed E-state index contributed by atoms with van der Waals surface area (Å²) in [5.74, 6) is -4.61. The van der Waals surface area contributed by atoms with Gasteiger partial charge in [0.15, 0.2) is 11.6 Å². The lowest BCUT2D eigenvalue weighted by Crippen LogP contribution is -2.45. The average Bonchev–Trinajstić information content (AvgIpc) is 2.50. The molecule has 6 N–H and O–H groups in total. The number of ketones is 2. The number of hydrogen-bond acceptors (Lipinski definition) is 9. The lowest BCUT2D eigenvalue weighted by Gasteiger charge is -2.20. The third-order valence-electron chi connectivity index (χ3n) is 3.22. The number of esters is 2. The third kappa shape index (κ3) is 11.7. The van der Waals surface area contributed by atoms with Gasteiger partial charge in [0.2, 0.25) is 11.8 Å². The van der Waals surface area contributed by atoms with E-state index in [1.165, 1.54) is 39.8 Å². The van der Waals surface area contributed by atoms with Crippen LogP contribution in [0.15, 0.2) is 23.5 Å². The molecule has 0 spiro atoms. The van der Waals surface area contributed by atoms with Crippen LogP contribution in [0, 0.1) is 0 Å². The predicted octanol–water partition coefficient (Wildman–Crippen LogP) is -1.29. The molecule has 0 aromatic heterocycles. The maximum Gasteiger partial charge on any atom is 0.336 e. The molecule has 0 aromatic carbocycles. The van der Waals surface area contributed by atoms with Crippen molar-refractivity contribution in [1.29, 1.82) is 0 Å². The zero-order chi connectivity index (χ0) is 22.7. The third-order valence-corrected chi connectivity index (χ3v) is 3.22. The van der Waals surface area contributed by atoms with Crippen LogP contribution in [0.25, 0.3) is 0 Å². The molecule has 0 fully saturated rings. The Kier molecular flexibility index (Phi) is 10.6. The van der Waals surface area contributed by atoms with E-state index < -0.39 is 48.7 Å². The molecule has 2 atom stereocenters. The maximum atomic E-state index is 12.3. The first-order valence-electron chi connectivity index (χ1n) is 8.54. The van der Waals surface area contributed by atoms with Gasteiger partial charge in [-0.25, -0.2) is 9.59 Å². The number of nitrogens with two attached hydrogens (primary N) is 2. The molecule has 0 bridgehead atoms. The van der Waals surface area contributed by atoms with Crippen LogP contribution in [0.2, 0.25) is 0 Å². The minimum absolute atomic E-state index is 0.250. The monoisotopic (exact) mass is 410 g/mol. The highest BCUT2D eigenvalue weighted by Gasteiger charge is 2.29. The summed E-state index contributed by atoms with van der Waals surface area (Å²) in [6.45, 7) is 5.51. The Balaban J connectivity index is 5.41. The number of rotatable bonds is 12. The van der Waals surface area contributed by atoms with Crippen molar-refractivity contribution >= 4 is 35.3 Å². The second-order valence-electron chi connectivity index (χ2n) is 6.35. The van der Waals surface area contributed by atoms with Gasteiger partial charge in [-0.1, -0.05) is 0 Å². The summed E-state index contributed by atoms with van der Waals surface area (Å²) in [5, 5.41) is 5.15. The van der Waals surface area contributed by atoms with Crippen LogP contribution in [-0.4, -0.2) is 47.4 Å². The second kappa shape index (κ2) is 12.1. The molecule has 0 aliphatic carbocycles. The van der Waals surface area contributed by atoms with Crippen molar-refractivity contribution < 1.29 is 33.5 Å². The quantitative estimate of drug-likeness (QED) is 0.172. The molecule has 0 unspecified atom stereocenters. The highest BCUT2D eigenvalue weighted by Crippen LogP contribution is 2.05. The van der Waals surface area contributed by atoms with Gasteiger partial charge in [0.25, 0.3) is 0 Å². The summed E-state index contributed by atoms with van der Waals surface area (Å²) in [7, 11) is 0. The first-order chi connectivity index (χ1) is 13.3. The molecule has 11 heteroatoms. The normalized spacial score (nSPS) is 13.7. The Morgan fingerprint density at radius 3 is 1.28 bits per heavy atom. The molecule has 0 radical (unpaired) electrons. The molecule has 0 heterocycles. The van der Waals surface area contributed by atoms with Gasteiger partial charge in [0, 0.05) is 11.4 Å². The molecular formula is C18H26N4O7. The van der Waals surface area contributed by atoms with E-state index in [2.05, 4.69) is 10.6 Å². The van der Waals surface area contributed by atoms with Crippen LogP contribution in [0.1, 0.15) is 40.5 Å². The SMILES string of the molecule is CC(=O)C=C(C)N[C@@H](CC(N)=O)C(=O)OC(=O)[C@H](CC(N)=O)NC(C)=CC(C)=O. The topological polar surface area (TPSA) is 188 Å². The molecule has 0 saturated carbocycles. The summed E-state index contributed by atoms with van der Waals surface area (Å²) < 4.78 is 4.75. The van der Waals surface area contributed by atoms with Gasteiger partial charge in [-0.2, -0.15) is 0 Å². The van der Waals surface area contributed by atoms with Crippen LogP contribution in [0.3, 0.4) is 0 Å². The molecule has 0 aliphatic heterocycles. The van der Waals surface area contributed by atoms with Gasteiger partial charge in [-0.15, -0.1) is 0 Å². The number of hydrogen-bond donors (Lipinski definition) is 4. The average molecular weight is 410 g/mol. The van der Waals surface area contributed by atoms with Crippen LogP contribution in [-0.2, 0) is 33.5 Å². The van der Waals surface area contributed by atoms with E-state index in [1.54, 1.807) is 0 Å². The van der Waals surface area contributed by atoms with Gasteiger partial charge >= 0.3 is 11.9 Å². The van der Waals surface area contributed by atoms with Crippen molar-refractivity contribution in [2.75, 3.05) is 0 Å². The Labute approximate surface area is 167 Å². The largest absolute Gasteiger partial charge is 0.390 e. The van der Waals surface area contributed by atoms with Crippen LogP contribution in [0.4, 0.5) is 0 Å².